The summed E-state index contributed by atoms with van der Waals surface area (Å²) in [6.07, 6.45) is -3.04. The molecule has 2 aromatic carbocycles. The highest BCUT2D eigenvalue weighted by Gasteiger charge is 2.48. The quantitative estimate of drug-likeness (QED) is 0.633. The summed E-state index contributed by atoms with van der Waals surface area (Å²) in [4.78, 5) is 36.7. The highest BCUT2D eigenvalue weighted by atomic mass is 19.4. The van der Waals surface area contributed by atoms with Crippen LogP contribution in [0.15, 0.2) is 42.5 Å². The number of nitrogens with two attached hydrogens (primary N) is 1. The van der Waals surface area contributed by atoms with Gasteiger partial charge in [0.25, 0.3) is 5.91 Å². The van der Waals surface area contributed by atoms with Gasteiger partial charge < -0.3 is 11.1 Å². The largest absolute Gasteiger partial charge is 0.416 e. The fourth-order valence-corrected chi connectivity index (χ4v) is 3.54. The van der Waals surface area contributed by atoms with Gasteiger partial charge >= 0.3 is 6.18 Å². The van der Waals surface area contributed by atoms with Crippen molar-refractivity contribution >= 4 is 17.7 Å². The van der Waals surface area contributed by atoms with E-state index in [1.165, 1.54) is 19.1 Å². The number of imide groups is 1. The van der Waals surface area contributed by atoms with Gasteiger partial charge in [0.1, 0.15) is 5.54 Å². The lowest BCUT2D eigenvalue weighted by Crippen LogP contribution is -2.62. The van der Waals surface area contributed by atoms with Gasteiger partial charge in [0.15, 0.2) is 0 Å². The molecular formula is C23H24F3N3O3. The molecule has 4 N–H and O–H groups in total. The average molecular weight is 447 g/mol. The van der Waals surface area contributed by atoms with Gasteiger partial charge in [-0.25, -0.2) is 0 Å². The van der Waals surface area contributed by atoms with E-state index in [1.807, 2.05) is 0 Å². The average Bonchev–Trinajstić information content (AvgIpc) is 3.56. The molecule has 0 spiro atoms. The third kappa shape index (κ3) is 5.16. The number of benzene rings is 2. The zero-order valence-electron chi connectivity index (χ0n) is 17.7. The Labute approximate surface area is 183 Å². The summed E-state index contributed by atoms with van der Waals surface area (Å²) >= 11 is 0. The minimum atomic E-state index is -4.46. The summed E-state index contributed by atoms with van der Waals surface area (Å²) in [5.41, 5.74) is 6.02. The predicted octanol–water partition coefficient (Wildman–Crippen LogP) is 3.18. The van der Waals surface area contributed by atoms with Crippen LogP contribution in [-0.2, 0) is 15.8 Å². The Bertz CT molecular complexity index is 1050. The number of carbonyl (C=O) groups is 3. The second-order valence-corrected chi connectivity index (χ2v) is 8.13. The van der Waals surface area contributed by atoms with Crippen LogP contribution in [0.3, 0.4) is 0 Å². The summed E-state index contributed by atoms with van der Waals surface area (Å²) in [6.45, 7) is 2.82. The summed E-state index contributed by atoms with van der Waals surface area (Å²) in [6, 6.07) is 9.53. The number of aryl methyl sites for hydroxylation is 1. The van der Waals surface area contributed by atoms with Crippen LogP contribution in [0.1, 0.15) is 41.3 Å². The lowest BCUT2D eigenvalue weighted by Gasteiger charge is -2.28. The molecule has 0 saturated heterocycles. The van der Waals surface area contributed by atoms with Gasteiger partial charge in [0.2, 0.25) is 11.8 Å². The number of nitrogens with one attached hydrogen (secondary N) is 2. The Morgan fingerprint density at radius 3 is 2.22 bits per heavy atom. The van der Waals surface area contributed by atoms with Crippen LogP contribution in [0.25, 0.3) is 11.1 Å². The van der Waals surface area contributed by atoms with Gasteiger partial charge in [-0.15, -0.1) is 0 Å². The van der Waals surface area contributed by atoms with Crippen LogP contribution >= 0.6 is 0 Å². The monoisotopic (exact) mass is 447 g/mol. The Hall–Kier alpha value is -3.20. The molecule has 1 saturated carbocycles. The van der Waals surface area contributed by atoms with Crippen molar-refractivity contribution < 1.29 is 27.6 Å². The first-order chi connectivity index (χ1) is 14.9. The van der Waals surface area contributed by atoms with E-state index < -0.39 is 35.0 Å². The minimum Gasteiger partial charge on any atom is -0.350 e. The fourth-order valence-electron chi connectivity index (χ4n) is 3.54. The molecule has 32 heavy (non-hydrogen) atoms. The second kappa shape index (κ2) is 8.74. The third-order valence-electron chi connectivity index (χ3n) is 5.50. The first-order valence-electron chi connectivity index (χ1n) is 10.1. The molecule has 1 aliphatic rings. The molecule has 0 aromatic heterocycles. The van der Waals surface area contributed by atoms with Crippen LogP contribution < -0.4 is 16.4 Å². The van der Waals surface area contributed by atoms with Gasteiger partial charge in [-0.2, -0.15) is 13.2 Å². The molecule has 0 aliphatic heterocycles. The summed E-state index contributed by atoms with van der Waals surface area (Å²) in [5, 5.41) is 4.85. The molecule has 6 nitrogen and oxygen atoms in total. The smallest absolute Gasteiger partial charge is 0.350 e. The zero-order chi connectivity index (χ0) is 23.7. The van der Waals surface area contributed by atoms with Crippen LogP contribution in [0.5, 0.6) is 0 Å². The van der Waals surface area contributed by atoms with Crippen molar-refractivity contribution in [3.05, 3.63) is 59.2 Å². The van der Waals surface area contributed by atoms with E-state index in [-0.39, 0.29) is 18.0 Å². The maximum absolute atomic E-state index is 13.0. The van der Waals surface area contributed by atoms with E-state index in [4.69, 9.17) is 5.73 Å². The molecule has 2 aromatic rings. The normalized spacial score (nSPS) is 15.6. The molecule has 170 valence electrons. The zero-order valence-corrected chi connectivity index (χ0v) is 17.7. The topological polar surface area (TPSA) is 101 Å². The molecule has 0 heterocycles. The van der Waals surface area contributed by atoms with E-state index >= 15 is 0 Å². The van der Waals surface area contributed by atoms with Crippen molar-refractivity contribution in [1.29, 1.82) is 0 Å². The van der Waals surface area contributed by atoms with Crippen LogP contribution in [-0.4, -0.2) is 29.8 Å². The van der Waals surface area contributed by atoms with Crippen molar-refractivity contribution in [1.82, 2.24) is 10.6 Å². The van der Waals surface area contributed by atoms with Gasteiger partial charge in [-0.05, 0) is 55.0 Å². The molecule has 1 unspecified atom stereocenters. The summed E-state index contributed by atoms with van der Waals surface area (Å²) in [7, 11) is 0. The van der Waals surface area contributed by atoms with Gasteiger partial charge in [0.05, 0.1) is 5.56 Å². The summed E-state index contributed by atoms with van der Waals surface area (Å²) < 4.78 is 38.7. The molecule has 9 heteroatoms. The van der Waals surface area contributed by atoms with Crippen LogP contribution in [0.4, 0.5) is 13.2 Å². The number of hydrogen-bond acceptors (Lipinski definition) is 4. The second-order valence-electron chi connectivity index (χ2n) is 8.13. The maximum Gasteiger partial charge on any atom is 0.416 e. The SMILES string of the molecule is CC(=O)NC(=O)C(N)(CNC(=O)c1ccc(C)cc1-c1ccc(C(F)(F)F)cc1)C1CC1. The lowest BCUT2D eigenvalue weighted by molar-refractivity contribution is -0.137. The number of amides is 3. The maximum atomic E-state index is 13.0. The molecule has 1 fully saturated rings. The van der Waals surface area contributed by atoms with Gasteiger partial charge in [-0.1, -0.05) is 29.8 Å². The molecule has 3 rings (SSSR count). The molecule has 0 radical (unpaired) electrons. The van der Waals surface area contributed by atoms with E-state index in [0.717, 1.165) is 17.7 Å². The molecular weight excluding hydrogens is 423 g/mol. The van der Waals surface area contributed by atoms with Crippen molar-refractivity contribution in [2.24, 2.45) is 11.7 Å². The number of rotatable bonds is 6. The lowest BCUT2D eigenvalue weighted by atomic mass is 9.92. The highest BCUT2D eigenvalue weighted by molar-refractivity contribution is 6.03. The first kappa shape index (κ1) is 23.5. The number of hydrogen-bond donors (Lipinski definition) is 3. The Balaban J connectivity index is 1.84. The Morgan fingerprint density at radius 2 is 1.69 bits per heavy atom. The van der Waals surface area contributed by atoms with Crippen molar-refractivity contribution in [2.45, 2.75) is 38.4 Å². The highest BCUT2D eigenvalue weighted by Crippen LogP contribution is 2.38. The first-order valence-corrected chi connectivity index (χ1v) is 10.1. The van der Waals surface area contributed by atoms with Gasteiger partial charge in [-0.3, -0.25) is 19.7 Å². The molecule has 3 amide bonds. The number of carbonyl (C=O) groups excluding carboxylic acids is 3. The predicted molar refractivity (Wildman–Crippen MR) is 112 cm³/mol. The molecule has 0 bridgehead atoms. The van der Waals surface area contributed by atoms with E-state index in [1.54, 1.807) is 25.1 Å². The van der Waals surface area contributed by atoms with Crippen molar-refractivity contribution in [2.75, 3.05) is 6.54 Å². The van der Waals surface area contributed by atoms with E-state index in [2.05, 4.69) is 10.6 Å². The fraction of sp³-hybridized carbons (Fsp3) is 0.348. The molecule has 1 atom stereocenters. The molecule has 1 aliphatic carbocycles. The standard InChI is InChI=1S/C23H24F3N3O3/c1-13-3-10-18(19(11-13)15-4-6-17(7-5-15)23(24,25)26)20(31)28-12-22(27,16-8-9-16)21(32)29-14(2)30/h3-7,10-11,16H,8-9,12,27H2,1-2H3,(H,28,31)(H,29,30,32). The minimum absolute atomic E-state index is 0.158. The Morgan fingerprint density at radius 1 is 1.06 bits per heavy atom. The Kier molecular flexibility index (Phi) is 6.41. The van der Waals surface area contributed by atoms with E-state index in [0.29, 0.717) is 24.0 Å². The number of alkyl halides is 3. The van der Waals surface area contributed by atoms with Crippen LogP contribution in [0, 0.1) is 12.8 Å². The van der Waals surface area contributed by atoms with E-state index in [9.17, 15) is 27.6 Å². The summed E-state index contributed by atoms with van der Waals surface area (Å²) in [5.74, 6) is -1.87. The van der Waals surface area contributed by atoms with Crippen LogP contribution in [0.2, 0.25) is 0 Å². The van der Waals surface area contributed by atoms with Crippen molar-refractivity contribution in [3.63, 3.8) is 0 Å². The van der Waals surface area contributed by atoms with Crippen molar-refractivity contribution in [3.8, 4) is 11.1 Å². The van der Waals surface area contributed by atoms with Gasteiger partial charge in [0, 0.05) is 19.0 Å². The third-order valence-corrected chi connectivity index (χ3v) is 5.50. The number of halogens is 3.